The maximum Gasteiger partial charge on any atom is 0.122 e. The second-order valence-corrected chi connectivity index (χ2v) is 4.89. The van der Waals surface area contributed by atoms with Crippen molar-refractivity contribution in [2.75, 3.05) is 21.2 Å². The van der Waals surface area contributed by atoms with Crippen LogP contribution in [0.3, 0.4) is 0 Å². The number of fused-ring (bicyclic) bond motifs is 1. The molecular formula is C14H21NO. The number of rotatable bonds is 2. The van der Waals surface area contributed by atoms with Gasteiger partial charge in [-0.05, 0) is 50.0 Å². The third-order valence-electron chi connectivity index (χ3n) is 3.81. The highest BCUT2D eigenvalue weighted by molar-refractivity contribution is 5.44. The molecule has 0 radical (unpaired) electrons. The molecule has 0 aromatic heterocycles. The molecule has 1 aromatic carbocycles. The monoisotopic (exact) mass is 219 g/mol. The Balaban J connectivity index is 2.38. The average molecular weight is 219 g/mol. The van der Waals surface area contributed by atoms with Gasteiger partial charge >= 0.3 is 0 Å². The highest BCUT2D eigenvalue weighted by Gasteiger charge is 2.28. The Morgan fingerprint density at radius 1 is 1.31 bits per heavy atom. The Labute approximate surface area is 98.2 Å². The fourth-order valence-electron chi connectivity index (χ4n) is 2.92. The molecule has 2 nitrogen and oxygen atoms in total. The molecule has 0 spiro atoms. The molecule has 88 valence electrons. The first-order valence-corrected chi connectivity index (χ1v) is 5.97. The van der Waals surface area contributed by atoms with Gasteiger partial charge in [0, 0.05) is 6.04 Å². The molecule has 0 amide bonds. The van der Waals surface area contributed by atoms with Crippen molar-refractivity contribution in [1.29, 1.82) is 0 Å². The summed E-state index contributed by atoms with van der Waals surface area (Å²) in [6, 6.07) is 7.07. The minimum atomic E-state index is 0.592. The van der Waals surface area contributed by atoms with Crippen molar-refractivity contribution in [2.24, 2.45) is 0 Å². The van der Waals surface area contributed by atoms with Gasteiger partial charge in [-0.15, -0.1) is 0 Å². The van der Waals surface area contributed by atoms with E-state index >= 15 is 0 Å². The number of methoxy groups -OCH3 is 1. The average Bonchev–Trinajstić information content (AvgIpc) is 2.28. The molecular weight excluding hydrogens is 198 g/mol. The van der Waals surface area contributed by atoms with Crippen molar-refractivity contribution in [3.8, 4) is 5.75 Å². The standard InChI is InChI=1S/C14H21NO/c1-10-11-6-5-7-14(16-4)12(11)8-9-13(10)15(2)3/h5-7,10,13H,8-9H2,1-4H3/t10-,13+/m0/s1. The summed E-state index contributed by atoms with van der Waals surface area (Å²) in [5.41, 5.74) is 2.87. The maximum absolute atomic E-state index is 5.44. The molecule has 16 heavy (non-hydrogen) atoms. The molecule has 0 N–H and O–H groups in total. The molecule has 1 aliphatic rings. The highest BCUT2D eigenvalue weighted by Crippen LogP contribution is 2.37. The number of benzene rings is 1. The maximum atomic E-state index is 5.44. The predicted molar refractivity (Wildman–Crippen MR) is 67.2 cm³/mol. The fourth-order valence-corrected chi connectivity index (χ4v) is 2.92. The Kier molecular flexibility index (Phi) is 3.20. The zero-order chi connectivity index (χ0) is 11.7. The highest BCUT2D eigenvalue weighted by atomic mass is 16.5. The second-order valence-electron chi connectivity index (χ2n) is 4.89. The van der Waals surface area contributed by atoms with Crippen LogP contribution in [0.2, 0.25) is 0 Å². The van der Waals surface area contributed by atoms with Crippen LogP contribution < -0.4 is 4.74 Å². The van der Waals surface area contributed by atoms with Gasteiger partial charge in [0.25, 0.3) is 0 Å². The normalized spacial score (nSPS) is 24.3. The fraction of sp³-hybridized carbons (Fsp3) is 0.571. The Bertz CT molecular complexity index is 373. The molecule has 0 saturated heterocycles. The van der Waals surface area contributed by atoms with Crippen LogP contribution in [0.25, 0.3) is 0 Å². The smallest absolute Gasteiger partial charge is 0.122 e. The van der Waals surface area contributed by atoms with Crippen LogP contribution in [-0.4, -0.2) is 32.1 Å². The molecule has 0 aliphatic heterocycles. The second kappa shape index (κ2) is 4.46. The molecule has 2 heteroatoms. The van der Waals surface area contributed by atoms with Gasteiger partial charge in [-0.2, -0.15) is 0 Å². The summed E-state index contributed by atoms with van der Waals surface area (Å²) >= 11 is 0. The van der Waals surface area contributed by atoms with E-state index in [4.69, 9.17) is 4.74 Å². The summed E-state index contributed by atoms with van der Waals surface area (Å²) < 4.78 is 5.44. The molecule has 0 bridgehead atoms. The van der Waals surface area contributed by atoms with Gasteiger partial charge in [-0.3, -0.25) is 0 Å². The molecule has 0 unspecified atom stereocenters. The molecule has 0 fully saturated rings. The minimum absolute atomic E-state index is 0.592. The number of ether oxygens (including phenoxy) is 1. The number of likely N-dealkylation sites (N-methyl/N-ethyl adjacent to an activating group) is 1. The lowest BCUT2D eigenvalue weighted by atomic mass is 9.79. The number of nitrogens with zero attached hydrogens (tertiary/aromatic N) is 1. The summed E-state index contributed by atoms with van der Waals surface area (Å²) in [4.78, 5) is 2.34. The quantitative estimate of drug-likeness (QED) is 0.758. The van der Waals surface area contributed by atoms with Crippen molar-refractivity contribution in [3.05, 3.63) is 29.3 Å². The van der Waals surface area contributed by atoms with Crippen molar-refractivity contribution < 1.29 is 4.74 Å². The molecule has 1 aromatic rings. The van der Waals surface area contributed by atoms with Crippen LogP contribution in [-0.2, 0) is 6.42 Å². The van der Waals surface area contributed by atoms with Crippen molar-refractivity contribution in [3.63, 3.8) is 0 Å². The molecule has 2 rings (SSSR count). The van der Waals surface area contributed by atoms with E-state index < -0.39 is 0 Å². The van der Waals surface area contributed by atoms with E-state index in [1.807, 2.05) is 0 Å². The zero-order valence-corrected chi connectivity index (χ0v) is 10.7. The van der Waals surface area contributed by atoms with Gasteiger partial charge in [0.1, 0.15) is 5.75 Å². The van der Waals surface area contributed by atoms with Crippen LogP contribution in [0, 0.1) is 0 Å². The van der Waals surface area contributed by atoms with E-state index in [9.17, 15) is 0 Å². The van der Waals surface area contributed by atoms with E-state index in [1.54, 1.807) is 7.11 Å². The SMILES string of the molecule is COc1cccc2c1CC[C@@H](N(C)C)[C@H]2C. The van der Waals surface area contributed by atoms with E-state index in [0.717, 1.165) is 12.2 Å². The minimum Gasteiger partial charge on any atom is -0.496 e. The first kappa shape index (κ1) is 11.5. The van der Waals surface area contributed by atoms with E-state index in [2.05, 4.69) is 44.1 Å². The van der Waals surface area contributed by atoms with Crippen molar-refractivity contribution >= 4 is 0 Å². The topological polar surface area (TPSA) is 12.5 Å². The van der Waals surface area contributed by atoms with Crippen LogP contribution in [0.1, 0.15) is 30.4 Å². The summed E-state index contributed by atoms with van der Waals surface area (Å²) in [5, 5.41) is 0. The first-order valence-electron chi connectivity index (χ1n) is 5.97. The molecule has 2 atom stereocenters. The van der Waals surface area contributed by atoms with Crippen LogP contribution in [0.5, 0.6) is 5.75 Å². The molecule has 0 heterocycles. The molecule has 1 aliphatic carbocycles. The molecule has 0 saturated carbocycles. The predicted octanol–water partition coefficient (Wildman–Crippen LogP) is 2.68. The van der Waals surface area contributed by atoms with Gasteiger partial charge in [0.15, 0.2) is 0 Å². The largest absolute Gasteiger partial charge is 0.496 e. The zero-order valence-electron chi connectivity index (χ0n) is 10.7. The van der Waals surface area contributed by atoms with Gasteiger partial charge < -0.3 is 9.64 Å². The Morgan fingerprint density at radius 2 is 2.06 bits per heavy atom. The summed E-state index contributed by atoms with van der Waals surface area (Å²) in [5.74, 6) is 1.65. The third-order valence-corrected chi connectivity index (χ3v) is 3.81. The number of hydrogen-bond donors (Lipinski definition) is 0. The third kappa shape index (κ3) is 1.82. The van der Waals surface area contributed by atoms with Crippen molar-refractivity contribution in [1.82, 2.24) is 4.90 Å². The number of hydrogen-bond acceptors (Lipinski definition) is 2. The van der Waals surface area contributed by atoms with Crippen LogP contribution in [0.4, 0.5) is 0 Å². The van der Waals surface area contributed by atoms with E-state index in [1.165, 1.54) is 17.5 Å². The lowest BCUT2D eigenvalue weighted by Gasteiger charge is -2.36. The van der Waals surface area contributed by atoms with Crippen molar-refractivity contribution in [2.45, 2.75) is 31.7 Å². The summed E-state index contributed by atoms with van der Waals surface area (Å²) in [7, 11) is 6.11. The van der Waals surface area contributed by atoms with Crippen LogP contribution in [0.15, 0.2) is 18.2 Å². The Hall–Kier alpha value is -1.02. The van der Waals surface area contributed by atoms with Gasteiger partial charge in [-0.25, -0.2) is 0 Å². The van der Waals surface area contributed by atoms with Gasteiger partial charge in [-0.1, -0.05) is 19.1 Å². The Morgan fingerprint density at radius 3 is 2.69 bits per heavy atom. The lowest BCUT2D eigenvalue weighted by molar-refractivity contribution is 0.235. The lowest BCUT2D eigenvalue weighted by Crippen LogP contribution is -2.36. The van der Waals surface area contributed by atoms with Gasteiger partial charge in [0.05, 0.1) is 7.11 Å². The van der Waals surface area contributed by atoms with Gasteiger partial charge in [0.2, 0.25) is 0 Å². The summed E-state index contributed by atoms with van der Waals surface area (Å²) in [6.07, 6.45) is 2.36. The van der Waals surface area contributed by atoms with Crippen LogP contribution >= 0.6 is 0 Å². The summed E-state index contributed by atoms with van der Waals surface area (Å²) in [6.45, 7) is 2.32. The first-order chi connectivity index (χ1) is 7.65. The van der Waals surface area contributed by atoms with E-state index in [-0.39, 0.29) is 0 Å². The van der Waals surface area contributed by atoms with E-state index in [0.29, 0.717) is 12.0 Å².